The quantitative estimate of drug-likeness (QED) is 0.431. The van der Waals surface area contributed by atoms with Crippen molar-refractivity contribution >= 4 is 23.6 Å². The molecular formula is C28H27N3O5. The number of carbonyl (C=O) groups is 2. The van der Waals surface area contributed by atoms with Crippen LogP contribution >= 0.6 is 0 Å². The number of allylic oxidation sites excluding steroid dienone is 1. The summed E-state index contributed by atoms with van der Waals surface area (Å²) in [5.41, 5.74) is 2.90. The van der Waals surface area contributed by atoms with Crippen LogP contribution in [0.2, 0.25) is 0 Å². The number of hydrogen-bond acceptors (Lipinski definition) is 8. The van der Waals surface area contributed by atoms with Gasteiger partial charge in [0.05, 0.1) is 23.8 Å². The Kier molecular flexibility index (Phi) is 6.43. The molecule has 0 amide bonds. The number of nitrogens with zero attached hydrogens (tertiary/aromatic N) is 3. The lowest BCUT2D eigenvalue weighted by Crippen LogP contribution is -2.46. The predicted molar refractivity (Wildman–Crippen MR) is 135 cm³/mol. The third kappa shape index (κ3) is 4.55. The number of carbonyl (C=O) groups excluding carboxylic acids is 2. The van der Waals surface area contributed by atoms with Crippen LogP contribution in [0.25, 0.3) is 6.08 Å². The third-order valence-corrected chi connectivity index (χ3v) is 6.58. The van der Waals surface area contributed by atoms with Gasteiger partial charge in [-0.25, -0.2) is 9.78 Å². The van der Waals surface area contributed by atoms with Gasteiger partial charge in [0, 0.05) is 38.9 Å². The molecule has 1 N–H and O–H groups in total. The zero-order chi connectivity index (χ0) is 25.2. The van der Waals surface area contributed by atoms with E-state index in [4.69, 9.17) is 9.47 Å². The Bertz CT molecular complexity index is 1330. The number of methoxy groups -OCH3 is 1. The Morgan fingerprint density at radius 2 is 1.89 bits per heavy atom. The molecule has 8 heteroatoms. The Hall–Kier alpha value is -4.17. The van der Waals surface area contributed by atoms with Crippen LogP contribution in [0.1, 0.15) is 37.4 Å². The highest BCUT2D eigenvalue weighted by Gasteiger charge is 2.34. The van der Waals surface area contributed by atoms with Gasteiger partial charge < -0.3 is 19.5 Å². The van der Waals surface area contributed by atoms with E-state index in [-0.39, 0.29) is 17.3 Å². The zero-order valence-corrected chi connectivity index (χ0v) is 20.2. The van der Waals surface area contributed by atoms with Crippen LogP contribution in [0, 0.1) is 6.92 Å². The number of aromatic hydroxyl groups is 1. The van der Waals surface area contributed by atoms with Crippen molar-refractivity contribution in [3.63, 3.8) is 0 Å². The van der Waals surface area contributed by atoms with Gasteiger partial charge in [0.2, 0.25) is 5.78 Å². The average Bonchev–Trinajstić information content (AvgIpc) is 3.23. The number of anilines is 1. The molecule has 3 heterocycles. The number of fused-ring (bicyclic) bond motifs is 1. The molecule has 0 unspecified atom stereocenters. The molecule has 2 aliphatic rings. The number of Topliss-reactive ketones (excluding diaryl/α,β-unsaturated/α-hetero) is 1. The smallest absolute Gasteiger partial charge is 0.337 e. The number of pyridine rings is 1. The van der Waals surface area contributed by atoms with Crippen LogP contribution in [-0.2, 0) is 11.3 Å². The number of ether oxygens (including phenoxy) is 2. The summed E-state index contributed by atoms with van der Waals surface area (Å²) in [6, 6.07) is 14.3. The number of rotatable bonds is 5. The van der Waals surface area contributed by atoms with Gasteiger partial charge in [-0.15, -0.1) is 0 Å². The maximum atomic E-state index is 13.2. The maximum Gasteiger partial charge on any atom is 0.337 e. The molecule has 0 spiro atoms. The van der Waals surface area contributed by atoms with E-state index in [1.54, 1.807) is 49.5 Å². The number of benzene rings is 2. The number of phenolic OH excluding ortho intramolecular Hbond substituents is 1. The first kappa shape index (κ1) is 23.6. The number of hydrogen-bond donors (Lipinski definition) is 1. The predicted octanol–water partition coefficient (Wildman–Crippen LogP) is 3.82. The largest absolute Gasteiger partial charge is 0.507 e. The Morgan fingerprint density at radius 1 is 1.14 bits per heavy atom. The lowest BCUT2D eigenvalue weighted by molar-refractivity contribution is 0.0600. The standard InChI is InChI=1S/C28H27N3O5/c1-18-15-22(32)21(17-30-11-13-31(14-12-30)24-5-3-4-10-29-24)27-25(18)26(33)23(36-27)16-19-6-8-20(9-7-19)28(34)35-2/h3-10,15-16,32H,11-14,17H2,1-2H3/b23-16+. The molecule has 1 saturated heterocycles. The number of aryl methyl sites for hydroxylation is 1. The summed E-state index contributed by atoms with van der Waals surface area (Å²) in [5.74, 6) is 1.04. The molecule has 1 aromatic heterocycles. The second-order valence-corrected chi connectivity index (χ2v) is 8.90. The highest BCUT2D eigenvalue weighted by atomic mass is 16.5. The van der Waals surface area contributed by atoms with Crippen molar-refractivity contribution in [2.75, 3.05) is 38.2 Å². The first-order valence-electron chi connectivity index (χ1n) is 11.8. The minimum absolute atomic E-state index is 0.120. The summed E-state index contributed by atoms with van der Waals surface area (Å²) in [5, 5.41) is 10.8. The molecule has 184 valence electrons. The van der Waals surface area contributed by atoms with Crippen LogP contribution in [0.4, 0.5) is 5.82 Å². The number of piperazine rings is 1. The van der Waals surface area contributed by atoms with Gasteiger partial charge in [-0.3, -0.25) is 9.69 Å². The van der Waals surface area contributed by atoms with Crippen molar-refractivity contribution in [1.82, 2.24) is 9.88 Å². The fourth-order valence-corrected chi connectivity index (χ4v) is 4.62. The fourth-order valence-electron chi connectivity index (χ4n) is 4.62. The van der Waals surface area contributed by atoms with Gasteiger partial charge in [-0.2, -0.15) is 0 Å². The Balaban J connectivity index is 1.35. The van der Waals surface area contributed by atoms with E-state index in [1.807, 2.05) is 18.2 Å². The van der Waals surface area contributed by atoms with Gasteiger partial charge in [0.25, 0.3) is 0 Å². The van der Waals surface area contributed by atoms with Crippen LogP contribution in [0.3, 0.4) is 0 Å². The normalized spacial score (nSPS) is 16.7. The minimum atomic E-state index is -0.425. The van der Waals surface area contributed by atoms with Gasteiger partial charge in [-0.1, -0.05) is 18.2 Å². The van der Waals surface area contributed by atoms with Crippen molar-refractivity contribution in [2.24, 2.45) is 0 Å². The molecule has 36 heavy (non-hydrogen) atoms. The van der Waals surface area contributed by atoms with E-state index >= 15 is 0 Å². The van der Waals surface area contributed by atoms with Crippen LogP contribution < -0.4 is 9.64 Å². The van der Waals surface area contributed by atoms with Crippen molar-refractivity contribution in [3.05, 3.63) is 88.3 Å². The summed E-state index contributed by atoms with van der Waals surface area (Å²) < 4.78 is 10.8. The van der Waals surface area contributed by atoms with E-state index in [2.05, 4.69) is 14.8 Å². The van der Waals surface area contributed by atoms with Crippen molar-refractivity contribution in [3.8, 4) is 11.5 Å². The summed E-state index contributed by atoms with van der Waals surface area (Å²) >= 11 is 0. The molecule has 3 aromatic rings. The topological polar surface area (TPSA) is 92.2 Å². The number of esters is 1. The molecular weight excluding hydrogens is 458 g/mol. The van der Waals surface area contributed by atoms with Gasteiger partial charge in [0.1, 0.15) is 17.3 Å². The third-order valence-electron chi connectivity index (χ3n) is 6.58. The molecule has 2 aliphatic heterocycles. The Morgan fingerprint density at radius 3 is 2.56 bits per heavy atom. The molecule has 2 aromatic carbocycles. The van der Waals surface area contributed by atoms with E-state index in [1.165, 1.54) is 7.11 Å². The van der Waals surface area contributed by atoms with E-state index in [0.29, 0.717) is 40.1 Å². The van der Waals surface area contributed by atoms with E-state index < -0.39 is 5.97 Å². The van der Waals surface area contributed by atoms with Gasteiger partial charge in [-0.05, 0) is 54.5 Å². The van der Waals surface area contributed by atoms with Crippen molar-refractivity contribution in [2.45, 2.75) is 13.5 Å². The van der Waals surface area contributed by atoms with Crippen molar-refractivity contribution in [1.29, 1.82) is 0 Å². The molecule has 1 fully saturated rings. The summed E-state index contributed by atoms with van der Waals surface area (Å²) in [7, 11) is 1.33. The van der Waals surface area contributed by atoms with Crippen LogP contribution in [0.5, 0.6) is 11.5 Å². The average molecular weight is 486 g/mol. The van der Waals surface area contributed by atoms with Crippen molar-refractivity contribution < 1.29 is 24.2 Å². The SMILES string of the molecule is COC(=O)c1ccc(/C=C2/Oc3c(CN4CCN(c5ccccn5)CC4)c(O)cc(C)c3C2=O)cc1. The second-order valence-electron chi connectivity index (χ2n) is 8.90. The highest BCUT2D eigenvalue weighted by molar-refractivity contribution is 6.15. The summed E-state index contributed by atoms with van der Waals surface area (Å²) in [6.07, 6.45) is 3.44. The van der Waals surface area contributed by atoms with Crippen LogP contribution in [0.15, 0.2) is 60.5 Å². The van der Waals surface area contributed by atoms with E-state index in [0.717, 1.165) is 32.0 Å². The van der Waals surface area contributed by atoms with E-state index in [9.17, 15) is 14.7 Å². The maximum absolute atomic E-state index is 13.2. The minimum Gasteiger partial charge on any atom is -0.507 e. The lowest BCUT2D eigenvalue weighted by Gasteiger charge is -2.35. The molecule has 0 atom stereocenters. The lowest BCUT2D eigenvalue weighted by atomic mass is 9.99. The van der Waals surface area contributed by atoms with Gasteiger partial charge >= 0.3 is 5.97 Å². The summed E-state index contributed by atoms with van der Waals surface area (Å²) in [6.45, 7) is 5.49. The first-order valence-corrected chi connectivity index (χ1v) is 11.8. The zero-order valence-electron chi connectivity index (χ0n) is 20.2. The molecule has 8 nitrogen and oxygen atoms in total. The number of ketones is 1. The molecule has 5 rings (SSSR count). The highest BCUT2D eigenvalue weighted by Crippen LogP contribution is 2.42. The number of phenols is 1. The first-order chi connectivity index (χ1) is 17.4. The number of aromatic nitrogens is 1. The monoisotopic (exact) mass is 485 g/mol. The second kappa shape index (κ2) is 9.83. The summed E-state index contributed by atoms with van der Waals surface area (Å²) in [4.78, 5) is 33.8. The fraction of sp³-hybridized carbons (Fsp3) is 0.250. The van der Waals surface area contributed by atoms with Gasteiger partial charge in [0.15, 0.2) is 5.76 Å². The Labute approximate surface area is 209 Å². The van der Waals surface area contributed by atoms with Crippen LogP contribution in [-0.4, -0.2) is 60.0 Å². The molecule has 0 bridgehead atoms. The molecule has 0 radical (unpaired) electrons. The molecule has 0 aliphatic carbocycles. The molecule has 0 saturated carbocycles.